The summed E-state index contributed by atoms with van der Waals surface area (Å²) in [5.74, 6) is 0.948. The topological polar surface area (TPSA) is 97.3 Å². The monoisotopic (exact) mass is 287 g/mol. The van der Waals surface area contributed by atoms with Crippen LogP contribution in [0.2, 0.25) is 0 Å². The van der Waals surface area contributed by atoms with Crippen molar-refractivity contribution in [1.82, 2.24) is 20.4 Å². The predicted octanol–water partition coefficient (Wildman–Crippen LogP) is 0.201. The summed E-state index contributed by atoms with van der Waals surface area (Å²) in [6, 6.07) is 9.35. The van der Waals surface area contributed by atoms with Crippen LogP contribution in [0.3, 0.4) is 0 Å². The number of amides is 1. The van der Waals surface area contributed by atoms with Crippen molar-refractivity contribution >= 4 is 5.91 Å². The number of nitrogens with zero attached hydrogens (tertiary/aromatic N) is 3. The highest BCUT2D eigenvalue weighted by molar-refractivity contribution is 5.83. The number of hydrogen-bond acceptors (Lipinski definition) is 6. The molecule has 1 aromatic carbocycles. The van der Waals surface area contributed by atoms with Gasteiger partial charge in [0.2, 0.25) is 11.8 Å². The van der Waals surface area contributed by atoms with Crippen LogP contribution in [0.4, 0.5) is 0 Å². The number of nitrogens with two attached hydrogens (primary N) is 1. The molecule has 0 bridgehead atoms. The van der Waals surface area contributed by atoms with Crippen LogP contribution in [-0.4, -0.2) is 34.0 Å². The van der Waals surface area contributed by atoms with E-state index in [2.05, 4.69) is 15.5 Å². The second-order valence-corrected chi connectivity index (χ2v) is 4.88. The molecule has 7 heteroatoms. The van der Waals surface area contributed by atoms with Crippen molar-refractivity contribution in [1.29, 1.82) is 0 Å². The van der Waals surface area contributed by atoms with Gasteiger partial charge >= 0.3 is 0 Å². The fourth-order valence-corrected chi connectivity index (χ4v) is 2.50. The fraction of sp³-hybridized carbons (Fsp3) is 0.357. The first-order valence-corrected chi connectivity index (χ1v) is 6.86. The molecule has 110 valence electrons. The van der Waals surface area contributed by atoms with Crippen molar-refractivity contribution in [2.75, 3.05) is 13.1 Å². The average Bonchev–Trinajstić information content (AvgIpc) is 2.96. The lowest BCUT2D eigenvalue weighted by Gasteiger charge is -2.34. The molecule has 0 saturated carbocycles. The minimum atomic E-state index is -0.334. The maximum absolute atomic E-state index is 12.2. The Morgan fingerprint density at radius 1 is 1.38 bits per heavy atom. The third-order valence-corrected chi connectivity index (χ3v) is 3.46. The zero-order valence-corrected chi connectivity index (χ0v) is 11.5. The molecule has 2 heterocycles. The molecule has 7 nitrogen and oxygen atoms in total. The van der Waals surface area contributed by atoms with Crippen LogP contribution in [0.25, 0.3) is 0 Å². The first-order valence-electron chi connectivity index (χ1n) is 6.86. The van der Waals surface area contributed by atoms with Gasteiger partial charge in [-0.2, -0.15) is 4.98 Å². The van der Waals surface area contributed by atoms with E-state index in [9.17, 15) is 4.79 Å². The zero-order chi connectivity index (χ0) is 14.7. The Kier molecular flexibility index (Phi) is 3.94. The minimum absolute atomic E-state index is 0.00464. The minimum Gasteiger partial charge on any atom is -0.353 e. The van der Waals surface area contributed by atoms with E-state index < -0.39 is 0 Å². The maximum Gasteiger partial charge on any atom is 0.242 e. The van der Waals surface area contributed by atoms with E-state index in [0.717, 1.165) is 12.1 Å². The van der Waals surface area contributed by atoms with Gasteiger partial charge in [-0.1, -0.05) is 35.5 Å². The van der Waals surface area contributed by atoms with Gasteiger partial charge in [0.25, 0.3) is 0 Å². The number of carbonyl (C=O) groups excluding carboxylic acids is 1. The largest absolute Gasteiger partial charge is 0.353 e. The van der Waals surface area contributed by atoms with Gasteiger partial charge in [-0.05, 0) is 5.56 Å². The molecule has 1 atom stereocenters. The summed E-state index contributed by atoms with van der Waals surface area (Å²) in [6.45, 7) is 2.02. The molecule has 1 unspecified atom stereocenters. The highest BCUT2D eigenvalue weighted by atomic mass is 16.5. The molecule has 21 heavy (non-hydrogen) atoms. The summed E-state index contributed by atoms with van der Waals surface area (Å²) in [6.07, 6.45) is 0. The van der Waals surface area contributed by atoms with Gasteiger partial charge in [0.15, 0.2) is 5.82 Å². The molecule has 2 aromatic rings. The van der Waals surface area contributed by atoms with Gasteiger partial charge in [-0.15, -0.1) is 0 Å². The van der Waals surface area contributed by atoms with Crippen molar-refractivity contribution in [3.05, 3.63) is 47.6 Å². The van der Waals surface area contributed by atoms with E-state index >= 15 is 0 Å². The smallest absolute Gasteiger partial charge is 0.242 e. The third-order valence-electron chi connectivity index (χ3n) is 3.46. The summed E-state index contributed by atoms with van der Waals surface area (Å²) in [5, 5.41) is 6.79. The number of aromatic nitrogens is 2. The molecule has 1 fully saturated rings. The van der Waals surface area contributed by atoms with Crippen LogP contribution < -0.4 is 11.1 Å². The van der Waals surface area contributed by atoms with Crippen LogP contribution in [0.5, 0.6) is 0 Å². The number of benzene rings is 1. The number of nitrogens with one attached hydrogen (secondary N) is 1. The Bertz CT molecular complexity index is 613. The van der Waals surface area contributed by atoms with E-state index in [1.807, 2.05) is 35.2 Å². The van der Waals surface area contributed by atoms with E-state index in [1.165, 1.54) is 0 Å². The lowest BCUT2D eigenvalue weighted by atomic mass is 10.0. The molecule has 1 aliphatic rings. The average molecular weight is 287 g/mol. The van der Waals surface area contributed by atoms with Gasteiger partial charge < -0.3 is 15.6 Å². The van der Waals surface area contributed by atoms with Gasteiger partial charge in [0, 0.05) is 13.1 Å². The van der Waals surface area contributed by atoms with Gasteiger partial charge in [-0.3, -0.25) is 9.69 Å². The molecule has 3 rings (SSSR count). The van der Waals surface area contributed by atoms with Crippen LogP contribution >= 0.6 is 0 Å². The van der Waals surface area contributed by atoms with Crippen LogP contribution in [-0.2, 0) is 17.9 Å². The fourth-order valence-electron chi connectivity index (χ4n) is 2.50. The Morgan fingerprint density at radius 3 is 2.90 bits per heavy atom. The predicted molar refractivity (Wildman–Crippen MR) is 74.8 cm³/mol. The molecule has 1 amide bonds. The standard InChI is InChI=1S/C14H17N5O2/c15-8-12-17-11(18-21-12)9-19-7-6-16-14(20)13(19)10-4-2-1-3-5-10/h1-5,13H,6-9,15H2,(H,16,20). The first-order chi connectivity index (χ1) is 10.3. The van der Waals surface area contributed by atoms with E-state index in [-0.39, 0.29) is 18.5 Å². The van der Waals surface area contributed by atoms with E-state index in [1.54, 1.807) is 0 Å². The van der Waals surface area contributed by atoms with Crippen molar-refractivity contribution in [2.24, 2.45) is 5.73 Å². The Hall–Kier alpha value is -2.25. The molecule has 0 spiro atoms. The molecular weight excluding hydrogens is 270 g/mol. The summed E-state index contributed by atoms with van der Waals surface area (Å²) in [7, 11) is 0. The van der Waals surface area contributed by atoms with Crippen molar-refractivity contribution < 1.29 is 9.32 Å². The maximum atomic E-state index is 12.2. The molecule has 1 saturated heterocycles. The van der Waals surface area contributed by atoms with Crippen molar-refractivity contribution in [2.45, 2.75) is 19.1 Å². The molecule has 0 radical (unpaired) electrons. The van der Waals surface area contributed by atoms with Crippen LogP contribution in [0, 0.1) is 0 Å². The Morgan fingerprint density at radius 2 is 2.19 bits per heavy atom. The van der Waals surface area contributed by atoms with Crippen molar-refractivity contribution in [3.63, 3.8) is 0 Å². The lowest BCUT2D eigenvalue weighted by molar-refractivity contribution is -0.129. The van der Waals surface area contributed by atoms with Crippen molar-refractivity contribution in [3.8, 4) is 0 Å². The SMILES string of the molecule is NCc1nc(CN2CCNC(=O)C2c2ccccc2)no1. The second-order valence-electron chi connectivity index (χ2n) is 4.88. The number of piperazine rings is 1. The van der Waals surface area contributed by atoms with Gasteiger partial charge in [-0.25, -0.2) is 0 Å². The van der Waals surface area contributed by atoms with Gasteiger partial charge in [0.1, 0.15) is 6.04 Å². The highest BCUT2D eigenvalue weighted by Gasteiger charge is 2.31. The second kappa shape index (κ2) is 6.02. The molecule has 1 aliphatic heterocycles. The summed E-state index contributed by atoms with van der Waals surface area (Å²) in [5.41, 5.74) is 6.42. The Balaban J connectivity index is 1.82. The summed E-state index contributed by atoms with van der Waals surface area (Å²) in [4.78, 5) is 18.5. The molecule has 0 aliphatic carbocycles. The highest BCUT2D eigenvalue weighted by Crippen LogP contribution is 2.24. The van der Waals surface area contributed by atoms with Gasteiger partial charge in [0.05, 0.1) is 13.1 Å². The summed E-state index contributed by atoms with van der Waals surface area (Å²) >= 11 is 0. The van der Waals surface area contributed by atoms with E-state index in [4.69, 9.17) is 10.3 Å². The quantitative estimate of drug-likeness (QED) is 0.834. The third kappa shape index (κ3) is 2.93. The summed E-state index contributed by atoms with van der Waals surface area (Å²) < 4.78 is 5.01. The van der Waals surface area contributed by atoms with E-state index in [0.29, 0.717) is 24.8 Å². The van der Waals surface area contributed by atoms with Crippen LogP contribution in [0.1, 0.15) is 23.3 Å². The molecular formula is C14H17N5O2. The zero-order valence-electron chi connectivity index (χ0n) is 11.5. The number of rotatable bonds is 4. The molecule has 3 N–H and O–H groups in total. The number of hydrogen-bond donors (Lipinski definition) is 2. The Labute approximate surface area is 122 Å². The first kappa shape index (κ1) is 13.7. The normalized spacial score (nSPS) is 19.5. The molecule has 1 aromatic heterocycles. The number of carbonyl (C=O) groups is 1. The van der Waals surface area contributed by atoms with Crippen LogP contribution in [0.15, 0.2) is 34.9 Å². The lowest BCUT2D eigenvalue weighted by Crippen LogP contribution is -2.49.